The van der Waals surface area contributed by atoms with Gasteiger partial charge in [-0.3, -0.25) is 5.43 Å². The van der Waals surface area contributed by atoms with Gasteiger partial charge in [-0.25, -0.2) is 4.79 Å². The SMILES string of the molecule is CCOC(=O)C(C)=NNc1ccc(N2CCCCC2)cc1. The zero-order valence-corrected chi connectivity index (χ0v) is 12.8. The zero-order valence-electron chi connectivity index (χ0n) is 12.8. The molecule has 0 amide bonds. The number of carbonyl (C=O) groups is 1. The predicted octanol–water partition coefficient (Wildman–Crippen LogP) is 3.03. The topological polar surface area (TPSA) is 53.9 Å². The van der Waals surface area contributed by atoms with Gasteiger partial charge in [0.15, 0.2) is 0 Å². The second-order valence-electron chi connectivity index (χ2n) is 5.12. The molecule has 114 valence electrons. The number of rotatable bonds is 5. The average molecular weight is 289 g/mol. The molecule has 1 saturated heterocycles. The van der Waals surface area contributed by atoms with E-state index in [4.69, 9.17) is 4.74 Å². The molecule has 1 fully saturated rings. The van der Waals surface area contributed by atoms with Gasteiger partial charge in [0.1, 0.15) is 5.71 Å². The van der Waals surface area contributed by atoms with Crippen LogP contribution in [0, 0.1) is 0 Å². The minimum Gasteiger partial charge on any atom is -0.461 e. The van der Waals surface area contributed by atoms with Gasteiger partial charge in [0, 0.05) is 18.8 Å². The molecule has 5 nitrogen and oxygen atoms in total. The van der Waals surface area contributed by atoms with E-state index in [-0.39, 0.29) is 0 Å². The minimum absolute atomic E-state index is 0.317. The first-order chi connectivity index (χ1) is 10.2. The van der Waals surface area contributed by atoms with Crippen LogP contribution in [0.5, 0.6) is 0 Å². The van der Waals surface area contributed by atoms with Crippen LogP contribution in [0.25, 0.3) is 0 Å². The van der Waals surface area contributed by atoms with Crippen molar-refractivity contribution in [1.29, 1.82) is 0 Å². The standard InChI is InChI=1S/C16H23N3O2/c1-3-21-16(20)13(2)17-18-14-7-9-15(10-8-14)19-11-5-4-6-12-19/h7-10,18H,3-6,11-12H2,1-2H3. The first kappa shape index (κ1) is 15.4. The molecular formula is C16H23N3O2. The number of esters is 1. The quantitative estimate of drug-likeness (QED) is 0.514. The minimum atomic E-state index is -0.394. The van der Waals surface area contributed by atoms with Gasteiger partial charge in [-0.15, -0.1) is 0 Å². The number of hydrogen-bond acceptors (Lipinski definition) is 5. The Morgan fingerprint density at radius 3 is 2.52 bits per heavy atom. The first-order valence-electron chi connectivity index (χ1n) is 7.53. The van der Waals surface area contributed by atoms with E-state index in [1.165, 1.54) is 24.9 Å². The van der Waals surface area contributed by atoms with Crippen molar-refractivity contribution in [3.05, 3.63) is 24.3 Å². The molecule has 2 rings (SSSR count). The van der Waals surface area contributed by atoms with E-state index >= 15 is 0 Å². The highest BCUT2D eigenvalue weighted by Gasteiger charge is 2.10. The van der Waals surface area contributed by atoms with Gasteiger partial charge in [0.25, 0.3) is 0 Å². The second-order valence-corrected chi connectivity index (χ2v) is 5.12. The maximum Gasteiger partial charge on any atom is 0.354 e. The number of hydrogen-bond donors (Lipinski definition) is 1. The van der Waals surface area contributed by atoms with E-state index in [1.807, 2.05) is 12.1 Å². The van der Waals surface area contributed by atoms with E-state index in [2.05, 4.69) is 27.6 Å². The Labute approximate surface area is 126 Å². The number of nitrogens with one attached hydrogen (secondary N) is 1. The summed E-state index contributed by atoms with van der Waals surface area (Å²) in [5, 5.41) is 4.03. The highest BCUT2D eigenvalue weighted by Crippen LogP contribution is 2.21. The summed E-state index contributed by atoms with van der Waals surface area (Å²) < 4.78 is 4.87. The third kappa shape index (κ3) is 4.48. The van der Waals surface area contributed by atoms with E-state index in [0.29, 0.717) is 12.3 Å². The molecule has 1 N–H and O–H groups in total. The normalized spacial score (nSPS) is 15.7. The van der Waals surface area contributed by atoms with Crippen LogP contribution < -0.4 is 10.3 Å². The molecule has 1 aromatic rings. The number of piperidine rings is 1. The van der Waals surface area contributed by atoms with E-state index < -0.39 is 5.97 Å². The monoisotopic (exact) mass is 289 g/mol. The molecule has 1 aromatic carbocycles. The summed E-state index contributed by atoms with van der Waals surface area (Å²) in [5.41, 5.74) is 5.30. The lowest BCUT2D eigenvalue weighted by Gasteiger charge is -2.28. The Morgan fingerprint density at radius 1 is 1.24 bits per heavy atom. The van der Waals surface area contributed by atoms with Gasteiger partial charge in [-0.1, -0.05) is 0 Å². The lowest BCUT2D eigenvalue weighted by molar-refractivity contribution is -0.135. The first-order valence-corrected chi connectivity index (χ1v) is 7.53. The van der Waals surface area contributed by atoms with Crippen LogP contribution in [0.2, 0.25) is 0 Å². The highest BCUT2D eigenvalue weighted by atomic mass is 16.5. The predicted molar refractivity (Wildman–Crippen MR) is 85.9 cm³/mol. The van der Waals surface area contributed by atoms with Crippen LogP contribution in [0.1, 0.15) is 33.1 Å². The second kappa shape index (κ2) is 7.67. The fourth-order valence-corrected chi connectivity index (χ4v) is 2.33. The van der Waals surface area contributed by atoms with E-state index in [9.17, 15) is 4.79 Å². The van der Waals surface area contributed by atoms with Crippen molar-refractivity contribution in [3.63, 3.8) is 0 Å². The molecule has 1 aliphatic heterocycles. The van der Waals surface area contributed by atoms with Crippen LogP contribution in [0.3, 0.4) is 0 Å². The molecule has 5 heteroatoms. The summed E-state index contributed by atoms with van der Waals surface area (Å²) >= 11 is 0. The molecule has 0 bridgehead atoms. The molecule has 1 heterocycles. The maximum absolute atomic E-state index is 11.4. The number of ether oxygens (including phenoxy) is 1. The lowest BCUT2D eigenvalue weighted by atomic mass is 10.1. The Morgan fingerprint density at radius 2 is 1.90 bits per heavy atom. The highest BCUT2D eigenvalue weighted by molar-refractivity contribution is 6.35. The smallest absolute Gasteiger partial charge is 0.354 e. The fraction of sp³-hybridized carbons (Fsp3) is 0.500. The van der Waals surface area contributed by atoms with Gasteiger partial charge in [0.05, 0.1) is 12.3 Å². The van der Waals surface area contributed by atoms with E-state index in [0.717, 1.165) is 18.8 Å². The molecular weight excluding hydrogens is 266 g/mol. The van der Waals surface area contributed by atoms with Gasteiger partial charge >= 0.3 is 5.97 Å². The third-order valence-electron chi connectivity index (χ3n) is 3.51. The van der Waals surface area contributed by atoms with Crippen LogP contribution in [-0.2, 0) is 9.53 Å². The van der Waals surface area contributed by atoms with Crippen molar-refractivity contribution in [1.82, 2.24) is 0 Å². The average Bonchev–Trinajstić information content (AvgIpc) is 2.54. The summed E-state index contributed by atoms with van der Waals surface area (Å²) in [6.07, 6.45) is 3.87. The van der Waals surface area contributed by atoms with Crippen LogP contribution in [0.4, 0.5) is 11.4 Å². The molecule has 0 aromatic heterocycles. The molecule has 0 unspecified atom stereocenters. The summed E-state index contributed by atoms with van der Waals surface area (Å²) in [4.78, 5) is 13.8. The van der Waals surface area contributed by atoms with Gasteiger partial charge in [-0.05, 0) is 57.4 Å². The number of hydrazone groups is 1. The Balaban J connectivity index is 1.93. The van der Waals surface area contributed by atoms with Gasteiger partial charge < -0.3 is 9.64 Å². The van der Waals surface area contributed by atoms with Crippen LogP contribution >= 0.6 is 0 Å². The van der Waals surface area contributed by atoms with E-state index in [1.54, 1.807) is 13.8 Å². The summed E-state index contributed by atoms with van der Waals surface area (Å²) in [7, 11) is 0. The molecule has 0 spiro atoms. The molecule has 21 heavy (non-hydrogen) atoms. The van der Waals surface area contributed by atoms with Crippen molar-refractivity contribution < 1.29 is 9.53 Å². The number of nitrogens with zero attached hydrogens (tertiary/aromatic N) is 2. The van der Waals surface area contributed by atoms with Crippen LogP contribution in [-0.4, -0.2) is 31.4 Å². The molecule has 0 radical (unpaired) electrons. The molecule has 0 saturated carbocycles. The maximum atomic E-state index is 11.4. The molecule has 1 aliphatic rings. The Kier molecular flexibility index (Phi) is 5.60. The summed E-state index contributed by atoms with van der Waals surface area (Å²) in [6.45, 7) is 6.03. The van der Waals surface area contributed by atoms with Crippen molar-refractivity contribution in [2.75, 3.05) is 30.0 Å². The van der Waals surface area contributed by atoms with Crippen molar-refractivity contribution >= 4 is 23.1 Å². The number of anilines is 2. The van der Waals surface area contributed by atoms with Gasteiger partial charge in [0.2, 0.25) is 0 Å². The third-order valence-corrected chi connectivity index (χ3v) is 3.51. The summed E-state index contributed by atoms with van der Waals surface area (Å²) in [5.74, 6) is -0.394. The van der Waals surface area contributed by atoms with Gasteiger partial charge in [-0.2, -0.15) is 5.10 Å². The lowest BCUT2D eigenvalue weighted by Crippen LogP contribution is -2.29. The largest absolute Gasteiger partial charge is 0.461 e. The number of benzene rings is 1. The Bertz CT molecular complexity index is 491. The Hall–Kier alpha value is -2.04. The van der Waals surface area contributed by atoms with Crippen molar-refractivity contribution in [2.45, 2.75) is 33.1 Å². The zero-order chi connectivity index (χ0) is 15.1. The fourth-order valence-electron chi connectivity index (χ4n) is 2.33. The number of carbonyl (C=O) groups excluding carboxylic acids is 1. The van der Waals surface area contributed by atoms with Crippen molar-refractivity contribution in [3.8, 4) is 0 Å². The summed E-state index contributed by atoms with van der Waals surface area (Å²) in [6, 6.07) is 8.13. The van der Waals surface area contributed by atoms with Crippen molar-refractivity contribution in [2.24, 2.45) is 5.10 Å². The molecule has 0 aliphatic carbocycles. The van der Waals surface area contributed by atoms with Crippen LogP contribution in [0.15, 0.2) is 29.4 Å². The molecule has 0 atom stereocenters.